The van der Waals surface area contributed by atoms with Gasteiger partial charge in [0.1, 0.15) is 6.54 Å². The molecule has 6 nitrogen and oxygen atoms in total. The van der Waals surface area contributed by atoms with Crippen molar-refractivity contribution < 1.29 is 14.7 Å². The van der Waals surface area contributed by atoms with Crippen LogP contribution in [0, 0.1) is 0 Å². The smallest absolute Gasteiger partial charge is 0.323 e. The summed E-state index contributed by atoms with van der Waals surface area (Å²) in [5.74, 6) is -0.957. The van der Waals surface area contributed by atoms with Gasteiger partial charge in [0.15, 0.2) is 0 Å². The van der Waals surface area contributed by atoms with Gasteiger partial charge in [0.25, 0.3) is 0 Å². The molecule has 116 valence electrons. The van der Waals surface area contributed by atoms with Gasteiger partial charge in [0.2, 0.25) is 0 Å². The maximum absolute atomic E-state index is 12.4. The molecule has 0 aromatic carbocycles. The topological polar surface area (TPSA) is 64.1 Å². The summed E-state index contributed by atoms with van der Waals surface area (Å²) in [4.78, 5) is 28.8. The summed E-state index contributed by atoms with van der Waals surface area (Å²) in [7, 11) is 1.79. The molecule has 1 saturated heterocycles. The van der Waals surface area contributed by atoms with Crippen molar-refractivity contribution in [2.45, 2.75) is 39.2 Å². The molecule has 1 fully saturated rings. The second kappa shape index (κ2) is 8.09. The van der Waals surface area contributed by atoms with E-state index in [0.29, 0.717) is 6.54 Å². The molecule has 0 saturated carbocycles. The van der Waals surface area contributed by atoms with Crippen molar-refractivity contribution in [3.05, 3.63) is 0 Å². The third-order valence-corrected chi connectivity index (χ3v) is 3.94. The number of carbonyl (C=O) groups is 2. The van der Waals surface area contributed by atoms with Crippen molar-refractivity contribution in [2.75, 3.05) is 39.8 Å². The number of piperidine rings is 1. The first-order valence-corrected chi connectivity index (χ1v) is 7.45. The van der Waals surface area contributed by atoms with Gasteiger partial charge in [-0.2, -0.15) is 0 Å². The number of aliphatic carboxylic acids is 1. The van der Waals surface area contributed by atoms with E-state index >= 15 is 0 Å². The van der Waals surface area contributed by atoms with Crippen molar-refractivity contribution >= 4 is 12.0 Å². The van der Waals surface area contributed by atoms with E-state index in [2.05, 4.69) is 11.8 Å². The fraction of sp³-hybridized carbons (Fsp3) is 0.857. The molecular formula is C14H27N3O3. The van der Waals surface area contributed by atoms with Crippen LogP contribution in [-0.2, 0) is 4.79 Å². The number of nitrogens with zero attached hydrogens (tertiary/aromatic N) is 3. The maximum Gasteiger partial charge on any atom is 0.323 e. The standard InChI is InChI=1S/C14H27N3O3/c1-4-8-17(11-13(18)19)14(20)15(3)12-6-9-16(5-2)10-7-12/h12H,4-11H2,1-3H3,(H,18,19). The SMILES string of the molecule is CCCN(CC(=O)O)C(=O)N(C)C1CCN(CC)CC1. The highest BCUT2D eigenvalue weighted by molar-refractivity contribution is 5.80. The van der Waals surface area contributed by atoms with E-state index in [-0.39, 0.29) is 18.6 Å². The molecule has 0 spiro atoms. The third kappa shape index (κ3) is 4.67. The third-order valence-electron chi connectivity index (χ3n) is 3.94. The van der Waals surface area contributed by atoms with Crippen LogP contribution >= 0.6 is 0 Å². The summed E-state index contributed by atoms with van der Waals surface area (Å²) in [6.45, 7) is 7.42. The molecular weight excluding hydrogens is 258 g/mol. The Morgan fingerprint density at radius 2 is 1.85 bits per heavy atom. The molecule has 1 heterocycles. The van der Waals surface area contributed by atoms with E-state index in [0.717, 1.165) is 38.9 Å². The highest BCUT2D eigenvalue weighted by Gasteiger charge is 2.28. The summed E-state index contributed by atoms with van der Waals surface area (Å²) in [6.07, 6.45) is 2.69. The number of urea groups is 1. The molecule has 0 bridgehead atoms. The molecule has 0 aliphatic carbocycles. The average Bonchev–Trinajstić information content (AvgIpc) is 2.45. The molecule has 20 heavy (non-hydrogen) atoms. The summed E-state index contributed by atoms with van der Waals surface area (Å²) in [6, 6.07) is 0.0580. The molecule has 1 aliphatic rings. The first kappa shape index (κ1) is 16.8. The lowest BCUT2D eigenvalue weighted by atomic mass is 10.0. The molecule has 0 aromatic heterocycles. The monoisotopic (exact) mass is 285 g/mol. The Labute approximate surface area is 121 Å². The first-order chi connectivity index (χ1) is 9.49. The second-order valence-corrected chi connectivity index (χ2v) is 5.37. The summed E-state index contributed by atoms with van der Waals surface area (Å²) in [5.41, 5.74) is 0. The Morgan fingerprint density at radius 1 is 1.25 bits per heavy atom. The van der Waals surface area contributed by atoms with E-state index in [1.54, 1.807) is 11.9 Å². The number of hydrogen-bond acceptors (Lipinski definition) is 3. The molecule has 0 radical (unpaired) electrons. The number of amides is 2. The van der Waals surface area contributed by atoms with E-state index in [9.17, 15) is 9.59 Å². The molecule has 0 unspecified atom stereocenters. The van der Waals surface area contributed by atoms with Crippen LogP contribution in [0.5, 0.6) is 0 Å². The van der Waals surface area contributed by atoms with Crippen LogP contribution in [0.25, 0.3) is 0 Å². The lowest BCUT2D eigenvalue weighted by molar-refractivity contribution is -0.137. The Hall–Kier alpha value is -1.30. The summed E-state index contributed by atoms with van der Waals surface area (Å²) >= 11 is 0. The van der Waals surface area contributed by atoms with Gasteiger partial charge in [0.05, 0.1) is 0 Å². The maximum atomic E-state index is 12.4. The van der Waals surface area contributed by atoms with E-state index in [1.165, 1.54) is 4.90 Å². The minimum absolute atomic E-state index is 0.163. The van der Waals surface area contributed by atoms with Gasteiger partial charge in [-0.15, -0.1) is 0 Å². The average molecular weight is 285 g/mol. The Morgan fingerprint density at radius 3 is 2.30 bits per heavy atom. The van der Waals surface area contributed by atoms with E-state index in [1.807, 2.05) is 6.92 Å². The zero-order chi connectivity index (χ0) is 15.1. The lowest BCUT2D eigenvalue weighted by Gasteiger charge is -2.38. The van der Waals surface area contributed by atoms with Gasteiger partial charge in [-0.3, -0.25) is 4.79 Å². The molecule has 2 amide bonds. The fourth-order valence-corrected chi connectivity index (χ4v) is 2.68. The van der Waals surface area contributed by atoms with Crippen LogP contribution in [0.3, 0.4) is 0 Å². The predicted octanol–water partition coefficient (Wildman–Crippen LogP) is 1.32. The van der Waals surface area contributed by atoms with E-state index in [4.69, 9.17) is 5.11 Å². The zero-order valence-corrected chi connectivity index (χ0v) is 12.8. The number of hydrogen-bond donors (Lipinski definition) is 1. The first-order valence-electron chi connectivity index (χ1n) is 7.45. The quantitative estimate of drug-likeness (QED) is 0.799. The van der Waals surface area contributed by atoms with Gasteiger partial charge in [-0.1, -0.05) is 13.8 Å². The van der Waals surface area contributed by atoms with Crippen LogP contribution in [0.2, 0.25) is 0 Å². The Balaban J connectivity index is 2.57. The van der Waals surface area contributed by atoms with Gasteiger partial charge in [-0.05, 0) is 25.8 Å². The largest absolute Gasteiger partial charge is 0.480 e. The van der Waals surface area contributed by atoms with E-state index < -0.39 is 5.97 Å². The van der Waals surface area contributed by atoms with Gasteiger partial charge < -0.3 is 19.8 Å². The minimum atomic E-state index is -0.957. The number of likely N-dealkylation sites (tertiary alicyclic amines) is 1. The Bertz CT molecular complexity index is 328. The summed E-state index contributed by atoms with van der Waals surface area (Å²) < 4.78 is 0. The van der Waals surface area contributed by atoms with Crippen molar-refractivity contribution in [2.24, 2.45) is 0 Å². The number of rotatable bonds is 6. The zero-order valence-electron chi connectivity index (χ0n) is 12.8. The van der Waals surface area contributed by atoms with Crippen LogP contribution in [0.15, 0.2) is 0 Å². The van der Waals surface area contributed by atoms with Crippen molar-refractivity contribution in [1.29, 1.82) is 0 Å². The molecule has 0 atom stereocenters. The number of carboxylic acids is 1. The predicted molar refractivity (Wildman–Crippen MR) is 77.8 cm³/mol. The minimum Gasteiger partial charge on any atom is -0.480 e. The van der Waals surface area contributed by atoms with Crippen molar-refractivity contribution in [3.8, 4) is 0 Å². The van der Waals surface area contributed by atoms with Gasteiger partial charge >= 0.3 is 12.0 Å². The highest BCUT2D eigenvalue weighted by Crippen LogP contribution is 2.16. The van der Waals surface area contributed by atoms with Crippen LogP contribution in [0.4, 0.5) is 4.79 Å². The number of carbonyl (C=O) groups excluding carboxylic acids is 1. The number of carboxylic acid groups (broad SMARTS) is 1. The highest BCUT2D eigenvalue weighted by atomic mass is 16.4. The Kier molecular flexibility index (Phi) is 6.78. The molecule has 1 aliphatic heterocycles. The lowest BCUT2D eigenvalue weighted by Crippen LogP contribution is -2.51. The van der Waals surface area contributed by atoms with Crippen LogP contribution < -0.4 is 0 Å². The van der Waals surface area contributed by atoms with Crippen molar-refractivity contribution in [3.63, 3.8) is 0 Å². The molecule has 1 N–H and O–H groups in total. The fourth-order valence-electron chi connectivity index (χ4n) is 2.68. The molecule has 0 aromatic rings. The molecule has 1 rings (SSSR count). The van der Waals surface area contributed by atoms with Gasteiger partial charge in [-0.25, -0.2) is 4.79 Å². The van der Waals surface area contributed by atoms with Gasteiger partial charge in [0, 0.05) is 32.7 Å². The van der Waals surface area contributed by atoms with Crippen LogP contribution in [0.1, 0.15) is 33.1 Å². The van der Waals surface area contributed by atoms with Crippen molar-refractivity contribution in [1.82, 2.24) is 14.7 Å². The van der Waals surface area contributed by atoms with Crippen LogP contribution in [-0.4, -0.2) is 77.6 Å². The normalized spacial score (nSPS) is 16.9. The molecule has 6 heteroatoms. The summed E-state index contributed by atoms with van der Waals surface area (Å²) in [5, 5.41) is 8.90. The second-order valence-electron chi connectivity index (χ2n) is 5.37.